The number of nitrogens with zero attached hydrogens (tertiary/aromatic N) is 4. The minimum Gasteiger partial charge on any atom is -0.489 e. The molecule has 3 aromatic rings. The maximum Gasteiger partial charge on any atom is 0.425 e. The molecule has 51 heavy (non-hydrogen) atoms. The lowest BCUT2D eigenvalue weighted by molar-refractivity contribution is -0.159. The predicted molar refractivity (Wildman–Crippen MR) is 173 cm³/mol. The van der Waals surface area contributed by atoms with Crippen molar-refractivity contribution >= 4 is 28.8 Å². The highest BCUT2D eigenvalue weighted by atomic mass is 32.1. The second kappa shape index (κ2) is 14.8. The fraction of sp³-hybridized carbons (Fsp3) is 0.500. The number of halogens is 6. The number of piperidine rings is 1. The molecule has 0 saturated carbocycles. The number of hydrogen-bond acceptors (Lipinski definition) is 9. The summed E-state index contributed by atoms with van der Waals surface area (Å²) in [4.78, 5) is 36.9. The van der Waals surface area contributed by atoms with Gasteiger partial charge in [0.05, 0.1) is 30.5 Å². The van der Waals surface area contributed by atoms with E-state index in [4.69, 9.17) is 14.2 Å². The van der Waals surface area contributed by atoms with Crippen LogP contribution in [0.2, 0.25) is 0 Å². The van der Waals surface area contributed by atoms with Gasteiger partial charge >= 0.3 is 12.4 Å². The molecule has 10 nitrogen and oxygen atoms in total. The molecule has 5 heterocycles. The molecule has 17 heteroatoms. The number of carbonyl (C=O) groups is 2. The van der Waals surface area contributed by atoms with Gasteiger partial charge in [0.2, 0.25) is 11.5 Å². The molecule has 1 aromatic carbocycles. The number of pyridine rings is 1. The van der Waals surface area contributed by atoms with E-state index in [1.165, 1.54) is 9.80 Å². The number of aliphatic hydroxyl groups excluding tert-OH is 1. The summed E-state index contributed by atoms with van der Waals surface area (Å²) in [6.45, 7) is 0.872. The van der Waals surface area contributed by atoms with Crippen LogP contribution in [0.4, 0.5) is 32.0 Å². The van der Waals surface area contributed by atoms with Gasteiger partial charge < -0.3 is 34.0 Å². The number of benzene rings is 1. The van der Waals surface area contributed by atoms with E-state index < -0.39 is 57.7 Å². The predicted octanol–water partition coefficient (Wildman–Crippen LogP) is 5.89. The zero-order valence-electron chi connectivity index (χ0n) is 27.3. The number of hydrogen-bond donors (Lipinski definition) is 1. The van der Waals surface area contributed by atoms with Crippen molar-refractivity contribution in [3.63, 3.8) is 0 Å². The molecule has 0 spiro atoms. The number of aromatic nitrogens is 1. The number of fused-ring (bicyclic) bond motifs is 2. The molecular weight excluding hydrogens is 706 g/mol. The first-order valence-corrected chi connectivity index (χ1v) is 17.4. The van der Waals surface area contributed by atoms with Crippen LogP contribution in [0.3, 0.4) is 0 Å². The van der Waals surface area contributed by atoms with Crippen molar-refractivity contribution in [2.75, 3.05) is 57.4 Å². The molecule has 3 aliphatic rings. The molecule has 2 amide bonds. The van der Waals surface area contributed by atoms with Crippen molar-refractivity contribution in [3.8, 4) is 17.4 Å². The van der Waals surface area contributed by atoms with Crippen molar-refractivity contribution in [3.05, 3.63) is 64.0 Å². The van der Waals surface area contributed by atoms with Crippen LogP contribution in [0.15, 0.2) is 48.0 Å². The first-order valence-electron chi connectivity index (χ1n) is 16.5. The van der Waals surface area contributed by atoms with Crippen LogP contribution in [0.25, 0.3) is 0 Å². The maximum atomic E-state index is 14.9. The molecule has 2 unspecified atom stereocenters. The Morgan fingerprint density at radius 2 is 1.78 bits per heavy atom. The van der Waals surface area contributed by atoms with Gasteiger partial charge in [-0.15, -0.1) is 11.3 Å². The number of ether oxygens (including phenoxy) is 3. The topological polar surface area (TPSA) is 105 Å². The number of carbonyl (C=O) groups excluding carboxylic acids is 2. The Hall–Kier alpha value is -4.25. The van der Waals surface area contributed by atoms with Crippen LogP contribution in [0.1, 0.15) is 52.9 Å². The van der Waals surface area contributed by atoms with Gasteiger partial charge in [0.15, 0.2) is 0 Å². The maximum absolute atomic E-state index is 14.9. The monoisotopic (exact) mass is 742 g/mol. The van der Waals surface area contributed by atoms with Gasteiger partial charge in [0.1, 0.15) is 28.5 Å². The molecule has 0 radical (unpaired) electrons. The second-order valence-electron chi connectivity index (χ2n) is 12.5. The minimum absolute atomic E-state index is 0.0120. The zero-order valence-corrected chi connectivity index (χ0v) is 28.2. The normalized spacial score (nSPS) is 21.7. The summed E-state index contributed by atoms with van der Waals surface area (Å²) in [6, 6.07) is 7.59. The molecule has 6 rings (SSSR count). The molecule has 2 saturated heterocycles. The summed E-state index contributed by atoms with van der Waals surface area (Å²) in [5.74, 6) is -1.77. The summed E-state index contributed by atoms with van der Waals surface area (Å²) in [6.07, 6.45) is -7.73. The highest BCUT2D eigenvalue weighted by Gasteiger charge is 2.56. The third kappa shape index (κ3) is 7.54. The third-order valence-corrected chi connectivity index (χ3v) is 10.3. The van der Waals surface area contributed by atoms with Crippen molar-refractivity contribution < 1.29 is 55.2 Å². The van der Waals surface area contributed by atoms with E-state index in [1.54, 1.807) is 12.1 Å². The summed E-state index contributed by atoms with van der Waals surface area (Å²) >= 11 is 0.395. The van der Waals surface area contributed by atoms with Crippen molar-refractivity contribution in [1.29, 1.82) is 0 Å². The first-order chi connectivity index (χ1) is 24.3. The highest BCUT2D eigenvalue weighted by Crippen LogP contribution is 2.44. The largest absolute Gasteiger partial charge is 0.489 e. The van der Waals surface area contributed by atoms with E-state index in [-0.39, 0.29) is 64.5 Å². The summed E-state index contributed by atoms with van der Waals surface area (Å²) in [5.41, 5.74) is -3.19. The van der Waals surface area contributed by atoms with Crippen molar-refractivity contribution in [1.82, 2.24) is 14.8 Å². The summed E-state index contributed by atoms with van der Waals surface area (Å²) in [7, 11) is 0. The average Bonchev–Trinajstić information content (AvgIpc) is 3.59. The Kier molecular flexibility index (Phi) is 10.6. The van der Waals surface area contributed by atoms with Gasteiger partial charge in [-0.1, -0.05) is 12.1 Å². The van der Waals surface area contributed by atoms with Crippen LogP contribution >= 0.6 is 11.3 Å². The smallest absolute Gasteiger partial charge is 0.425 e. The molecule has 0 aliphatic carbocycles. The standard InChI is InChI=1S/C34H36F6N4O6S/c35-33(36,37)23-9-11-41-29-28(23)30(46)44-12-5-10-32(26(44)8-3-4-18-49-29,50-22-20-27(51-21-22)34(38,39)40)31(47)43-15-13-42(14-16-43)24-6-1-2-7-25(24)48-19-17-45/h1-2,6-7,9,11,20-21,26,45H,3-5,8,10,12-19H2. The SMILES string of the molecule is O=C1c2c(C(F)(F)F)ccnc2OCCCCC2N1CCCC2(Oc1csc(C(F)(F)F)c1)C(=O)N1CCN(c2ccccc2OCCO)CC1. The number of rotatable bonds is 7. The van der Waals surface area contributed by atoms with E-state index in [2.05, 4.69) is 4.98 Å². The van der Waals surface area contributed by atoms with Crippen LogP contribution in [0, 0.1) is 0 Å². The van der Waals surface area contributed by atoms with Crippen molar-refractivity contribution in [2.45, 2.75) is 56.1 Å². The molecule has 276 valence electrons. The highest BCUT2D eigenvalue weighted by molar-refractivity contribution is 7.10. The zero-order chi connectivity index (χ0) is 36.4. The van der Waals surface area contributed by atoms with Crippen LogP contribution < -0.4 is 19.1 Å². The van der Waals surface area contributed by atoms with Crippen molar-refractivity contribution in [2.24, 2.45) is 0 Å². The molecule has 2 atom stereocenters. The average molecular weight is 743 g/mol. The van der Waals surface area contributed by atoms with E-state index >= 15 is 0 Å². The van der Waals surface area contributed by atoms with E-state index in [1.807, 2.05) is 17.0 Å². The number of aliphatic hydroxyl groups is 1. The third-order valence-electron chi connectivity index (χ3n) is 9.31. The summed E-state index contributed by atoms with van der Waals surface area (Å²) in [5, 5.41) is 10.4. The summed E-state index contributed by atoms with van der Waals surface area (Å²) < 4.78 is 101. The fourth-order valence-corrected chi connectivity index (χ4v) is 7.70. The second-order valence-corrected chi connectivity index (χ2v) is 13.4. The Bertz CT molecular complexity index is 1710. The Morgan fingerprint density at radius 3 is 2.49 bits per heavy atom. The van der Waals surface area contributed by atoms with Gasteiger partial charge in [-0.2, -0.15) is 26.3 Å². The lowest BCUT2D eigenvalue weighted by atomic mass is 9.79. The Balaban J connectivity index is 1.37. The number of piperazine rings is 1. The number of anilines is 1. The number of amides is 2. The van der Waals surface area contributed by atoms with Crippen LogP contribution in [-0.2, 0) is 17.1 Å². The Labute approximate surface area is 293 Å². The molecule has 3 aliphatic heterocycles. The van der Waals surface area contributed by atoms with Gasteiger partial charge in [-0.25, -0.2) is 4.98 Å². The molecule has 2 fully saturated rings. The van der Waals surface area contributed by atoms with Crippen LogP contribution in [0.5, 0.6) is 17.4 Å². The Morgan fingerprint density at radius 1 is 1.02 bits per heavy atom. The van der Waals surface area contributed by atoms with E-state index in [0.29, 0.717) is 49.1 Å². The van der Waals surface area contributed by atoms with Crippen LogP contribution in [-0.4, -0.2) is 95.9 Å². The van der Waals surface area contributed by atoms with E-state index in [9.17, 15) is 41.0 Å². The molecule has 1 N–H and O–H groups in total. The number of thiophene rings is 1. The minimum atomic E-state index is -4.93. The number of alkyl halides is 6. The molecular formula is C34H36F6N4O6S. The van der Waals surface area contributed by atoms with Gasteiger partial charge in [0, 0.05) is 56.8 Å². The molecule has 0 bridgehead atoms. The van der Waals surface area contributed by atoms with Gasteiger partial charge in [-0.3, -0.25) is 9.59 Å². The van der Waals surface area contributed by atoms with Gasteiger partial charge in [0.25, 0.3) is 11.8 Å². The fourth-order valence-electron chi connectivity index (χ4n) is 7.02. The van der Waals surface area contributed by atoms with Gasteiger partial charge in [-0.05, 0) is 43.9 Å². The van der Waals surface area contributed by atoms with E-state index in [0.717, 1.165) is 23.3 Å². The lowest BCUT2D eigenvalue weighted by Crippen LogP contribution is -2.69. The number of para-hydroxylation sites is 2. The molecule has 2 aromatic heterocycles. The lowest BCUT2D eigenvalue weighted by Gasteiger charge is -2.51. The first kappa shape index (κ1) is 36.5. The quantitative estimate of drug-likeness (QED) is 0.300.